The molecular weight excluding hydrogens is 480 g/mol. The number of nitrogens with two attached hydrogens (primary N) is 1. The van der Waals surface area contributed by atoms with Gasteiger partial charge in [-0.15, -0.1) is 0 Å². The maximum Gasteiger partial charge on any atom is 0.319 e. The molecule has 204 valence electrons. The smallest absolute Gasteiger partial charge is 0.319 e. The van der Waals surface area contributed by atoms with E-state index in [1.807, 2.05) is 41.3 Å². The van der Waals surface area contributed by atoms with Crippen LogP contribution in [0.2, 0.25) is 0 Å². The Kier molecular flexibility index (Phi) is 8.22. The average Bonchev–Trinajstić information content (AvgIpc) is 2.98. The Hall–Kier alpha value is -3.46. The molecule has 38 heavy (non-hydrogen) atoms. The van der Waals surface area contributed by atoms with Gasteiger partial charge in [-0.2, -0.15) is 0 Å². The number of benzene rings is 2. The number of anilines is 3. The minimum Gasteiger partial charge on any atom is -0.495 e. The molecular formula is C29H40N6O3. The minimum atomic E-state index is -0.447. The van der Waals surface area contributed by atoms with E-state index in [1.54, 1.807) is 12.0 Å². The first-order valence-corrected chi connectivity index (χ1v) is 13.9. The number of carbonyl (C=O) groups is 2. The van der Waals surface area contributed by atoms with E-state index in [4.69, 9.17) is 10.5 Å². The van der Waals surface area contributed by atoms with E-state index in [-0.39, 0.29) is 11.9 Å². The van der Waals surface area contributed by atoms with Crippen LogP contribution in [0.15, 0.2) is 42.5 Å². The number of amides is 3. The number of rotatable bonds is 6. The first-order chi connectivity index (χ1) is 18.6. The standard InChI is InChI=1S/C29H40N6O3/c1-38-27-10-6-5-9-25(27)33-19-17-32(18-20-33)24-12-11-22(28(36)34-15-13-31-14-16-34)21-26(24)35(29(30)37)23-7-3-2-4-8-23/h5-6,9-12,21,23,31H,2-4,7-8,13-20H2,1H3,(H2,30,37). The van der Waals surface area contributed by atoms with Gasteiger partial charge in [0.25, 0.3) is 5.91 Å². The van der Waals surface area contributed by atoms with Gasteiger partial charge in [-0.1, -0.05) is 31.4 Å². The fourth-order valence-electron chi connectivity index (χ4n) is 6.08. The molecule has 9 nitrogen and oxygen atoms in total. The predicted octanol–water partition coefficient (Wildman–Crippen LogP) is 3.29. The molecule has 1 saturated carbocycles. The fourth-order valence-corrected chi connectivity index (χ4v) is 6.08. The van der Waals surface area contributed by atoms with Gasteiger partial charge in [-0.3, -0.25) is 9.69 Å². The van der Waals surface area contributed by atoms with E-state index in [2.05, 4.69) is 21.2 Å². The van der Waals surface area contributed by atoms with Gasteiger partial charge in [0.05, 0.1) is 24.2 Å². The van der Waals surface area contributed by atoms with Crippen molar-refractivity contribution in [2.45, 2.75) is 38.1 Å². The van der Waals surface area contributed by atoms with E-state index < -0.39 is 6.03 Å². The highest BCUT2D eigenvalue weighted by Gasteiger charge is 2.31. The van der Waals surface area contributed by atoms with Gasteiger partial charge >= 0.3 is 6.03 Å². The van der Waals surface area contributed by atoms with Crippen LogP contribution in [0.25, 0.3) is 0 Å². The zero-order valence-electron chi connectivity index (χ0n) is 22.4. The number of hydrogen-bond acceptors (Lipinski definition) is 6. The third-order valence-corrected chi connectivity index (χ3v) is 8.11. The Bertz CT molecular complexity index is 1120. The third-order valence-electron chi connectivity index (χ3n) is 8.11. The topological polar surface area (TPSA) is 94.4 Å². The molecule has 2 aliphatic heterocycles. The summed E-state index contributed by atoms with van der Waals surface area (Å²) in [4.78, 5) is 34.6. The molecule has 2 aromatic rings. The Labute approximate surface area is 225 Å². The van der Waals surface area contributed by atoms with Crippen molar-refractivity contribution >= 4 is 29.0 Å². The molecule has 0 unspecified atom stereocenters. The zero-order chi connectivity index (χ0) is 26.5. The maximum atomic E-state index is 13.4. The Morgan fingerprint density at radius 3 is 2.21 bits per heavy atom. The summed E-state index contributed by atoms with van der Waals surface area (Å²) in [7, 11) is 1.70. The number of piperazine rings is 2. The van der Waals surface area contributed by atoms with Crippen LogP contribution < -0.4 is 30.5 Å². The molecule has 3 aliphatic rings. The number of nitrogens with one attached hydrogen (secondary N) is 1. The number of para-hydroxylation sites is 2. The zero-order valence-corrected chi connectivity index (χ0v) is 22.4. The van der Waals surface area contributed by atoms with Gasteiger partial charge in [0.2, 0.25) is 0 Å². The lowest BCUT2D eigenvalue weighted by Crippen LogP contribution is -2.49. The lowest BCUT2D eigenvalue weighted by atomic mass is 9.93. The number of urea groups is 1. The Morgan fingerprint density at radius 2 is 1.55 bits per heavy atom. The van der Waals surface area contributed by atoms with Crippen LogP contribution in [0.1, 0.15) is 42.5 Å². The third kappa shape index (κ3) is 5.53. The second-order valence-corrected chi connectivity index (χ2v) is 10.4. The first-order valence-electron chi connectivity index (χ1n) is 13.9. The van der Waals surface area contributed by atoms with Gasteiger partial charge in [0.15, 0.2) is 0 Å². The molecule has 1 aliphatic carbocycles. The van der Waals surface area contributed by atoms with Crippen molar-refractivity contribution < 1.29 is 14.3 Å². The van der Waals surface area contributed by atoms with Gasteiger partial charge < -0.3 is 30.5 Å². The van der Waals surface area contributed by atoms with Crippen LogP contribution >= 0.6 is 0 Å². The molecule has 0 radical (unpaired) electrons. The van der Waals surface area contributed by atoms with E-state index >= 15 is 0 Å². The number of nitrogens with zero attached hydrogens (tertiary/aromatic N) is 4. The van der Waals surface area contributed by atoms with Crippen molar-refractivity contribution in [1.29, 1.82) is 0 Å². The van der Waals surface area contributed by atoms with Crippen molar-refractivity contribution in [2.75, 3.05) is 74.2 Å². The van der Waals surface area contributed by atoms with Gasteiger partial charge in [0.1, 0.15) is 5.75 Å². The molecule has 0 atom stereocenters. The van der Waals surface area contributed by atoms with Gasteiger partial charge in [-0.25, -0.2) is 4.79 Å². The summed E-state index contributed by atoms with van der Waals surface area (Å²) in [5, 5.41) is 3.30. The Morgan fingerprint density at radius 1 is 0.895 bits per heavy atom. The van der Waals surface area contributed by atoms with Crippen LogP contribution in [-0.2, 0) is 0 Å². The number of methoxy groups -OCH3 is 1. The monoisotopic (exact) mass is 520 g/mol. The lowest BCUT2D eigenvalue weighted by molar-refractivity contribution is 0.0736. The van der Waals surface area contributed by atoms with E-state index in [0.717, 1.165) is 87.8 Å². The quantitative estimate of drug-likeness (QED) is 0.607. The Balaban J connectivity index is 1.44. The largest absolute Gasteiger partial charge is 0.495 e. The molecule has 0 aromatic heterocycles. The molecule has 3 N–H and O–H groups in total. The van der Waals surface area contributed by atoms with Crippen LogP contribution in [0, 0.1) is 0 Å². The molecule has 9 heteroatoms. The second kappa shape index (κ2) is 11.9. The van der Waals surface area contributed by atoms with Crippen LogP contribution in [0.3, 0.4) is 0 Å². The van der Waals surface area contributed by atoms with Crippen molar-refractivity contribution in [3.8, 4) is 5.75 Å². The maximum absolute atomic E-state index is 13.4. The van der Waals surface area contributed by atoms with E-state index in [9.17, 15) is 9.59 Å². The van der Waals surface area contributed by atoms with E-state index in [1.165, 1.54) is 6.42 Å². The molecule has 5 rings (SSSR count). The van der Waals surface area contributed by atoms with Crippen molar-refractivity contribution in [2.24, 2.45) is 5.73 Å². The van der Waals surface area contributed by atoms with Crippen LogP contribution in [0.5, 0.6) is 5.75 Å². The summed E-state index contributed by atoms with van der Waals surface area (Å²) in [6, 6.07) is 13.5. The number of hydrogen-bond donors (Lipinski definition) is 2. The number of carbonyl (C=O) groups excluding carboxylic acids is 2. The lowest BCUT2D eigenvalue weighted by Gasteiger charge is -2.41. The molecule has 0 bridgehead atoms. The summed E-state index contributed by atoms with van der Waals surface area (Å²) in [6.45, 7) is 6.17. The second-order valence-electron chi connectivity index (χ2n) is 10.4. The normalized spacial score (nSPS) is 18.8. The summed E-state index contributed by atoms with van der Waals surface area (Å²) in [6.07, 6.45) is 5.21. The van der Waals surface area contributed by atoms with E-state index in [0.29, 0.717) is 18.7 Å². The molecule has 2 aromatic carbocycles. The minimum absolute atomic E-state index is 0.00774. The number of ether oxygens (including phenoxy) is 1. The van der Waals surface area contributed by atoms with Gasteiger partial charge in [0, 0.05) is 64.0 Å². The highest BCUT2D eigenvalue weighted by Crippen LogP contribution is 2.37. The molecule has 0 spiro atoms. The SMILES string of the molecule is COc1ccccc1N1CCN(c2ccc(C(=O)N3CCNCC3)cc2N(C(N)=O)C2CCCCC2)CC1. The molecule has 3 fully saturated rings. The highest BCUT2D eigenvalue weighted by molar-refractivity contribution is 6.00. The summed E-state index contributed by atoms with van der Waals surface area (Å²) < 4.78 is 5.59. The number of primary amides is 1. The molecule has 3 amide bonds. The molecule has 2 heterocycles. The van der Waals surface area contributed by atoms with Crippen molar-refractivity contribution in [3.63, 3.8) is 0 Å². The summed E-state index contributed by atoms with van der Waals surface area (Å²) in [5.41, 5.74) is 9.47. The summed E-state index contributed by atoms with van der Waals surface area (Å²) >= 11 is 0. The van der Waals surface area contributed by atoms with Crippen molar-refractivity contribution in [3.05, 3.63) is 48.0 Å². The van der Waals surface area contributed by atoms with Gasteiger partial charge in [-0.05, 0) is 43.2 Å². The summed E-state index contributed by atoms with van der Waals surface area (Å²) in [5.74, 6) is 0.878. The van der Waals surface area contributed by atoms with Crippen molar-refractivity contribution in [1.82, 2.24) is 10.2 Å². The fraction of sp³-hybridized carbons (Fsp3) is 0.517. The average molecular weight is 521 g/mol. The first kappa shape index (κ1) is 26.2. The predicted molar refractivity (Wildman–Crippen MR) is 152 cm³/mol. The highest BCUT2D eigenvalue weighted by atomic mass is 16.5. The van der Waals surface area contributed by atoms with Crippen LogP contribution in [-0.4, -0.2) is 82.3 Å². The molecule has 2 saturated heterocycles. The van der Waals surface area contributed by atoms with Crippen LogP contribution in [0.4, 0.5) is 21.9 Å².